The molecule has 4 aromatic rings. The summed E-state index contributed by atoms with van der Waals surface area (Å²) in [7, 11) is 3.11. The van der Waals surface area contributed by atoms with Crippen LogP contribution >= 0.6 is 11.6 Å². The van der Waals surface area contributed by atoms with Crippen LogP contribution in [0.25, 0.3) is 33.6 Å². The fourth-order valence-corrected chi connectivity index (χ4v) is 8.23. The van der Waals surface area contributed by atoms with Crippen LogP contribution in [0.15, 0.2) is 54.7 Å². The molecule has 258 valence electrons. The number of halogens is 2. The second kappa shape index (κ2) is 12.6. The number of nitrogens with zero attached hydrogens (tertiary/aromatic N) is 5. The predicted octanol–water partition coefficient (Wildman–Crippen LogP) is 4.61. The van der Waals surface area contributed by atoms with Gasteiger partial charge < -0.3 is 20.1 Å². The van der Waals surface area contributed by atoms with Crippen LogP contribution in [0.4, 0.5) is 4.39 Å². The summed E-state index contributed by atoms with van der Waals surface area (Å²) in [5.41, 5.74) is 4.03. The minimum Gasteiger partial charge on any atom is -0.481 e. The molecule has 4 saturated heterocycles. The first kappa shape index (κ1) is 32.5. The van der Waals surface area contributed by atoms with E-state index in [0.717, 1.165) is 44.6 Å². The van der Waals surface area contributed by atoms with Crippen molar-refractivity contribution < 1.29 is 23.5 Å². The van der Waals surface area contributed by atoms with Gasteiger partial charge in [-0.1, -0.05) is 48.0 Å². The molecule has 0 aliphatic carbocycles. The maximum Gasteiger partial charge on any atom is 0.237 e. The number of hydrogen-bond acceptors (Lipinski definition) is 9. The molecular formula is C37H37ClFN7O4. The van der Waals surface area contributed by atoms with Crippen LogP contribution in [-0.2, 0) is 22.7 Å². The number of rotatable bonds is 9. The number of hydrogen-bond donors (Lipinski definition) is 2. The number of benzene rings is 2. The van der Waals surface area contributed by atoms with Crippen molar-refractivity contribution >= 4 is 23.4 Å². The Morgan fingerprint density at radius 3 is 1.96 bits per heavy atom. The van der Waals surface area contributed by atoms with E-state index < -0.39 is 5.82 Å². The van der Waals surface area contributed by atoms with E-state index in [9.17, 15) is 9.59 Å². The van der Waals surface area contributed by atoms with E-state index in [2.05, 4.69) is 25.4 Å². The van der Waals surface area contributed by atoms with Crippen molar-refractivity contribution in [1.29, 1.82) is 0 Å². The average Bonchev–Trinajstić information content (AvgIpc) is 3.68. The number of methoxy groups -OCH3 is 2. The van der Waals surface area contributed by atoms with Crippen LogP contribution < -0.4 is 20.1 Å². The van der Waals surface area contributed by atoms with Crippen LogP contribution in [0, 0.1) is 5.82 Å². The summed E-state index contributed by atoms with van der Waals surface area (Å²) < 4.78 is 27.6. The highest BCUT2D eigenvalue weighted by Gasteiger charge is 2.48. The molecule has 2 spiro atoms. The Hall–Kier alpha value is -4.65. The minimum absolute atomic E-state index is 0.109. The summed E-state index contributed by atoms with van der Waals surface area (Å²) in [4.78, 5) is 42.0. The largest absolute Gasteiger partial charge is 0.481 e. The topological polar surface area (TPSA) is 122 Å². The van der Waals surface area contributed by atoms with Gasteiger partial charge in [0, 0.05) is 79.9 Å². The smallest absolute Gasteiger partial charge is 0.237 e. The molecule has 4 aliphatic rings. The van der Waals surface area contributed by atoms with Gasteiger partial charge in [0.1, 0.15) is 11.5 Å². The number of ether oxygens (including phenoxy) is 2. The summed E-state index contributed by atoms with van der Waals surface area (Å²) in [6.45, 7) is 4.24. The van der Waals surface area contributed by atoms with Crippen LogP contribution in [0.5, 0.6) is 11.8 Å². The fourth-order valence-electron chi connectivity index (χ4n) is 7.91. The third kappa shape index (κ3) is 5.84. The van der Waals surface area contributed by atoms with Gasteiger partial charge in [-0.05, 0) is 25.0 Å². The Bertz CT molecular complexity index is 1870. The van der Waals surface area contributed by atoms with Gasteiger partial charge >= 0.3 is 0 Å². The first-order valence-corrected chi connectivity index (χ1v) is 17.1. The number of likely N-dealkylation sites (tertiary alicyclic amines) is 2. The minimum atomic E-state index is -0.458. The van der Waals surface area contributed by atoms with E-state index in [1.54, 1.807) is 50.7 Å². The molecule has 6 heterocycles. The molecule has 11 nitrogen and oxygen atoms in total. The molecule has 0 bridgehead atoms. The zero-order chi connectivity index (χ0) is 34.6. The van der Waals surface area contributed by atoms with Gasteiger partial charge in [-0.25, -0.2) is 14.4 Å². The van der Waals surface area contributed by atoms with Crippen molar-refractivity contribution in [2.45, 2.75) is 49.9 Å². The molecule has 50 heavy (non-hydrogen) atoms. The number of nitrogens with one attached hydrogen (secondary N) is 2. The Labute approximate surface area is 294 Å². The highest BCUT2D eigenvalue weighted by molar-refractivity contribution is 6.36. The lowest BCUT2D eigenvalue weighted by Gasteiger charge is -2.48. The van der Waals surface area contributed by atoms with E-state index in [4.69, 9.17) is 31.0 Å². The van der Waals surface area contributed by atoms with Crippen molar-refractivity contribution in [3.05, 3.63) is 76.8 Å². The Morgan fingerprint density at radius 2 is 1.34 bits per heavy atom. The Balaban J connectivity index is 1.01. The van der Waals surface area contributed by atoms with Gasteiger partial charge in [0.25, 0.3) is 0 Å². The number of carbonyl (C=O) groups excluding carboxylic acids is 2. The van der Waals surface area contributed by atoms with Crippen LogP contribution in [0.2, 0.25) is 5.02 Å². The third-order valence-electron chi connectivity index (χ3n) is 10.3. The van der Waals surface area contributed by atoms with Gasteiger partial charge in [0.15, 0.2) is 0 Å². The fraction of sp³-hybridized carbons (Fsp3) is 0.378. The monoisotopic (exact) mass is 697 g/mol. The van der Waals surface area contributed by atoms with E-state index in [1.807, 2.05) is 18.2 Å². The van der Waals surface area contributed by atoms with Crippen molar-refractivity contribution in [3.63, 3.8) is 0 Å². The van der Waals surface area contributed by atoms with E-state index >= 15 is 4.39 Å². The summed E-state index contributed by atoms with van der Waals surface area (Å²) in [5, 5.41) is 6.54. The molecule has 0 saturated carbocycles. The Morgan fingerprint density at radius 1 is 0.760 bits per heavy atom. The van der Waals surface area contributed by atoms with Gasteiger partial charge in [-0.2, -0.15) is 0 Å². The highest BCUT2D eigenvalue weighted by Crippen LogP contribution is 2.40. The van der Waals surface area contributed by atoms with Gasteiger partial charge in [0.2, 0.25) is 23.6 Å². The van der Waals surface area contributed by atoms with Crippen LogP contribution in [0.3, 0.4) is 0 Å². The molecule has 2 N–H and O–H groups in total. The standard InChI is InChI=1S/C37H37ClFN7O4/c1-49-34-22(16-45-18-36(19-45)13-11-30(47)43-36)9-10-27(41-34)26-8-4-6-24(33(26)39)23-5-3-7-25(32(23)38)28-15-40-29(35(42-28)50-2)17-46-20-37(21-46)14-12-31(48)44-37/h3-10,15H,11-14,16-21H2,1-2H3,(H,43,47)(H,44,48). The third-order valence-corrected chi connectivity index (χ3v) is 10.7. The molecule has 13 heteroatoms. The van der Waals surface area contributed by atoms with E-state index in [0.29, 0.717) is 82.0 Å². The van der Waals surface area contributed by atoms with Crippen LogP contribution in [-0.4, -0.2) is 88.0 Å². The molecular weight excluding hydrogens is 661 g/mol. The second-order valence-corrected chi connectivity index (χ2v) is 14.2. The number of carbonyl (C=O) groups is 2. The maximum atomic E-state index is 16.4. The number of pyridine rings is 1. The number of amides is 2. The molecule has 2 aromatic carbocycles. The maximum absolute atomic E-state index is 16.4. The van der Waals surface area contributed by atoms with Gasteiger partial charge in [-0.3, -0.25) is 24.4 Å². The quantitative estimate of drug-likeness (QED) is 0.258. The van der Waals surface area contributed by atoms with Crippen LogP contribution in [0.1, 0.15) is 36.9 Å². The zero-order valence-electron chi connectivity index (χ0n) is 27.9. The average molecular weight is 698 g/mol. The number of aromatic nitrogens is 3. The van der Waals surface area contributed by atoms with Crippen molar-refractivity contribution in [2.24, 2.45) is 0 Å². The molecule has 2 aromatic heterocycles. The Kier molecular flexibility index (Phi) is 8.20. The van der Waals surface area contributed by atoms with Crippen molar-refractivity contribution in [1.82, 2.24) is 35.4 Å². The molecule has 0 radical (unpaired) electrons. The highest BCUT2D eigenvalue weighted by atomic mass is 35.5. The lowest BCUT2D eigenvalue weighted by molar-refractivity contribution is -0.121. The summed E-state index contributed by atoms with van der Waals surface area (Å²) >= 11 is 6.99. The predicted molar refractivity (Wildman–Crippen MR) is 185 cm³/mol. The van der Waals surface area contributed by atoms with Crippen molar-refractivity contribution in [2.75, 3.05) is 40.4 Å². The van der Waals surface area contributed by atoms with E-state index in [1.165, 1.54) is 0 Å². The molecule has 2 amide bonds. The normalized spacial score (nSPS) is 19.3. The SMILES string of the molecule is COc1nc(-c2cccc(-c3cccc(-c4cnc(CN5CC6(CCC(=O)N6)C5)c(OC)n4)c3Cl)c2F)ccc1CN1CC2(CCC(=O)N2)C1. The summed E-state index contributed by atoms with van der Waals surface area (Å²) in [6, 6.07) is 14.3. The van der Waals surface area contributed by atoms with E-state index in [-0.39, 0.29) is 22.9 Å². The van der Waals surface area contributed by atoms with Gasteiger partial charge in [-0.15, -0.1) is 0 Å². The lowest BCUT2D eigenvalue weighted by Crippen LogP contribution is -2.66. The first-order valence-electron chi connectivity index (χ1n) is 16.8. The molecule has 4 fully saturated rings. The lowest BCUT2D eigenvalue weighted by atomic mass is 9.88. The summed E-state index contributed by atoms with van der Waals surface area (Å²) in [5.74, 6) is 0.579. The molecule has 4 aliphatic heterocycles. The first-order chi connectivity index (χ1) is 24.2. The molecule has 8 rings (SSSR count). The second-order valence-electron chi connectivity index (χ2n) is 13.9. The van der Waals surface area contributed by atoms with Crippen molar-refractivity contribution in [3.8, 4) is 45.4 Å². The van der Waals surface area contributed by atoms with Gasteiger partial charge in [0.05, 0.1) is 47.9 Å². The molecule has 0 unspecified atom stereocenters. The summed E-state index contributed by atoms with van der Waals surface area (Å²) in [6.07, 6.45) is 4.51. The molecule has 0 atom stereocenters. The zero-order valence-corrected chi connectivity index (χ0v) is 28.6.